The Morgan fingerprint density at radius 2 is 2.10 bits per heavy atom. The van der Waals surface area contributed by atoms with Gasteiger partial charge in [0, 0.05) is 17.1 Å². The van der Waals surface area contributed by atoms with Gasteiger partial charge in [-0.25, -0.2) is 4.98 Å². The summed E-state index contributed by atoms with van der Waals surface area (Å²) in [6.07, 6.45) is 1.50. The molecule has 0 saturated heterocycles. The summed E-state index contributed by atoms with van der Waals surface area (Å²) < 4.78 is 5.74. The molecule has 0 bridgehead atoms. The van der Waals surface area contributed by atoms with Gasteiger partial charge in [-0.1, -0.05) is 29.8 Å². The third kappa shape index (κ3) is 2.90. The number of furan rings is 1. The fourth-order valence-corrected chi connectivity index (χ4v) is 2.28. The van der Waals surface area contributed by atoms with E-state index >= 15 is 0 Å². The Bertz CT molecular complexity index is 765. The lowest BCUT2D eigenvalue weighted by molar-refractivity contribution is 0.0935. The van der Waals surface area contributed by atoms with Crippen molar-refractivity contribution in [2.75, 3.05) is 0 Å². The molecule has 106 valence electrons. The molecule has 0 radical (unpaired) electrons. The van der Waals surface area contributed by atoms with Crippen LogP contribution in [0.25, 0.3) is 11.0 Å². The minimum atomic E-state index is -0.239. The summed E-state index contributed by atoms with van der Waals surface area (Å²) in [5.41, 5.74) is 1.28. The molecule has 0 fully saturated rings. The molecule has 0 saturated carbocycles. The van der Waals surface area contributed by atoms with Gasteiger partial charge in [-0.3, -0.25) is 4.79 Å². The zero-order valence-electron chi connectivity index (χ0n) is 11.3. The molecule has 1 unspecified atom stereocenters. The maximum atomic E-state index is 12.2. The predicted molar refractivity (Wildman–Crippen MR) is 81.3 cm³/mol. The monoisotopic (exact) mass is 300 g/mol. The van der Waals surface area contributed by atoms with Crippen LogP contribution in [0.15, 0.2) is 53.1 Å². The summed E-state index contributed by atoms with van der Waals surface area (Å²) in [4.78, 5) is 16.0. The van der Waals surface area contributed by atoms with Gasteiger partial charge < -0.3 is 9.73 Å². The van der Waals surface area contributed by atoms with E-state index in [4.69, 9.17) is 16.0 Å². The van der Waals surface area contributed by atoms with Crippen molar-refractivity contribution in [3.63, 3.8) is 0 Å². The van der Waals surface area contributed by atoms with Crippen molar-refractivity contribution in [1.29, 1.82) is 0 Å². The Kier molecular flexibility index (Phi) is 3.62. The summed E-state index contributed by atoms with van der Waals surface area (Å²) in [5, 5.41) is 4.19. The van der Waals surface area contributed by atoms with Gasteiger partial charge in [0.25, 0.3) is 5.91 Å². The van der Waals surface area contributed by atoms with E-state index in [2.05, 4.69) is 10.3 Å². The fourth-order valence-electron chi connectivity index (χ4n) is 2.11. The maximum Gasteiger partial charge on any atom is 0.252 e. The number of fused-ring (bicyclic) bond motifs is 1. The van der Waals surface area contributed by atoms with Gasteiger partial charge in [0.1, 0.15) is 16.5 Å². The lowest BCUT2D eigenvalue weighted by Gasteiger charge is -2.11. The van der Waals surface area contributed by atoms with E-state index < -0.39 is 0 Å². The van der Waals surface area contributed by atoms with Crippen molar-refractivity contribution < 1.29 is 9.21 Å². The first-order valence-electron chi connectivity index (χ1n) is 6.54. The van der Waals surface area contributed by atoms with Crippen molar-refractivity contribution in [3.8, 4) is 0 Å². The van der Waals surface area contributed by atoms with Gasteiger partial charge in [0.15, 0.2) is 0 Å². The Hall–Kier alpha value is -2.33. The van der Waals surface area contributed by atoms with E-state index in [1.54, 1.807) is 6.07 Å². The molecule has 0 aliphatic rings. The van der Waals surface area contributed by atoms with Crippen molar-refractivity contribution in [3.05, 3.63) is 65.1 Å². The van der Waals surface area contributed by atoms with Gasteiger partial charge in [0.05, 0.1) is 6.04 Å². The summed E-state index contributed by atoms with van der Waals surface area (Å²) in [5.74, 6) is 0.497. The molecule has 21 heavy (non-hydrogen) atoms. The van der Waals surface area contributed by atoms with E-state index in [0.717, 1.165) is 11.0 Å². The number of carbonyl (C=O) groups is 1. The van der Waals surface area contributed by atoms with Crippen molar-refractivity contribution in [2.45, 2.75) is 13.0 Å². The second-order valence-electron chi connectivity index (χ2n) is 4.75. The Labute approximate surface area is 126 Å². The van der Waals surface area contributed by atoms with E-state index in [1.165, 1.54) is 12.3 Å². The number of rotatable bonds is 3. The fraction of sp³-hybridized carbons (Fsp3) is 0.125. The van der Waals surface area contributed by atoms with Crippen LogP contribution in [0.4, 0.5) is 0 Å². The number of halogens is 1. The average molecular weight is 301 g/mol. The first kappa shape index (κ1) is 13.6. The minimum absolute atomic E-state index is 0.216. The van der Waals surface area contributed by atoms with E-state index in [0.29, 0.717) is 16.5 Å². The molecule has 1 atom stereocenters. The second kappa shape index (κ2) is 5.58. The normalized spacial score (nSPS) is 12.3. The first-order chi connectivity index (χ1) is 10.1. The molecular weight excluding hydrogens is 288 g/mol. The van der Waals surface area contributed by atoms with Crippen LogP contribution >= 0.6 is 11.6 Å². The topological polar surface area (TPSA) is 55.1 Å². The Balaban J connectivity index is 1.79. The number of nitrogens with zero attached hydrogens (tertiary/aromatic N) is 1. The lowest BCUT2D eigenvalue weighted by atomic mass is 10.2. The Morgan fingerprint density at radius 1 is 1.29 bits per heavy atom. The average Bonchev–Trinajstić information content (AvgIpc) is 2.91. The van der Waals surface area contributed by atoms with Gasteiger partial charge in [-0.05, 0) is 31.2 Å². The standard InChI is InChI=1S/C16H13ClN2O2/c1-10(14-8-11-4-2-3-5-13(11)21-14)19-16(20)12-6-7-18-15(17)9-12/h2-10H,1H3,(H,19,20). The van der Waals surface area contributed by atoms with Crippen LogP contribution in [-0.4, -0.2) is 10.9 Å². The number of benzene rings is 1. The molecule has 2 heterocycles. The quantitative estimate of drug-likeness (QED) is 0.745. The molecule has 3 aromatic rings. The summed E-state index contributed by atoms with van der Waals surface area (Å²) in [6.45, 7) is 1.87. The van der Waals surface area contributed by atoms with Crippen LogP contribution in [0.3, 0.4) is 0 Å². The van der Waals surface area contributed by atoms with Crippen LogP contribution < -0.4 is 5.32 Å². The van der Waals surface area contributed by atoms with Crippen LogP contribution in [0.1, 0.15) is 29.1 Å². The minimum Gasteiger partial charge on any atom is -0.459 e. The van der Waals surface area contributed by atoms with Crippen molar-refractivity contribution in [1.82, 2.24) is 10.3 Å². The molecule has 0 aliphatic carbocycles. The number of hydrogen-bond acceptors (Lipinski definition) is 3. The number of carbonyl (C=O) groups excluding carboxylic acids is 1. The van der Waals surface area contributed by atoms with Crippen LogP contribution in [-0.2, 0) is 0 Å². The Morgan fingerprint density at radius 3 is 2.86 bits per heavy atom. The highest BCUT2D eigenvalue weighted by Crippen LogP contribution is 2.23. The number of pyridine rings is 1. The number of para-hydroxylation sites is 1. The smallest absolute Gasteiger partial charge is 0.252 e. The van der Waals surface area contributed by atoms with Gasteiger partial charge in [-0.15, -0.1) is 0 Å². The number of aromatic nitrogens is 1. The number of amides is 1. The predicted octanol–water partition coefficient (Wildman–Crippen LogP) is 3.97. The molecule has 1 N–H and O–H groups in total. The largest absolute Gasteiger partial charge is 0.459 e. The van der Waals surface area contributed by atoms with E-state index in [9.17, 15) is 4.79 Å². The van der Waals surface area contributed by atoms with Crippen LogP contribution in [0, 0.1) is 0 Å². The molecule has 2 aromatic heterocycles. The second-order valence-corrected chi connectivity index (χ2v) is 5.14. The summed E-state index contributed by atoms with van der Waals surface area (Å²) in [7, 11) is 0. The third-order valence-corrected chi connectivity index (χ3v) is 3.41. The highest BCUT2D eigenvalue weighted by atomic mass is 35.5. The zero-order chi connectivity index (χ0) is 14.8. The lowest BCUT2D eigenvalue weighted by Crippen LogP contribution is -2.26. The molecule has 0 spiro atoms. The molecule has 3 rings (SSSR count). The van der Waals surface area contributed by atoms with Gasteiger partial charge in [0.2, 0.25) is 0 Å². The molecule has 5 heteroatoms. The van der Waals surface area contributed by atoms with Crippen molar-refractivity contribution >= 4 is 28.5 Å². The first-order valence-corrected chi connectivity index (χ1v) is 6.92. The molecule has 0 aliphatic heterocycles. The third-order valence-electron chi connectivity index (χ3n) is 3.21. The van der Waals surface area contributed by atoms with E-state index in [-0.39, 0.29) is 11.9 Å². The number of nitrogens with one attached hydrogen (secondary N) is 1. The summed E-state index contributed by atoms with van der Waals surface area (Å²) in [6, 6.07) is 12.6. The van der Waals surface area contributed by atoms with Gasteiger partial charge >= 0.3 is 0 Å². The maximum absolute atomic E-state index is 12.2. The molecule has 1 amide bonds. The highest BCUT2D eigenvalue weighted by molar-refractivity contribution is 6.29. The summed E-state index contributed by atoms with van der Waals surface area (Å²) >= 11 is 5.79. The van der Waals surface area contributed by atoms with E-state index in [1.807, 2.05) is 37.3 Å². The zero-order valence-corrected chi connectivity index (χ0v) is 12.1. The molecular formula is C16H13ClN2O2. The highest BCUT2D eigenvalue weighted by Gasteiger charge is 2.15. The van der Waals surface area contributed by atoms with Crippen LogP contribution in [0.2, 0.25) is 5.15 Å². The SMILES string of the molecule is CC(NC(=O)c1ccnc(Cl)c1)c1cc2ccccc2o1. The van der Waals surface area contributed by atoms with Gasteiger partial charge in [-0.2, -0.15) is 0 Å². The molecule has 4 nitrogen and oxygen atoms in total. The number of hydrogen-bond donors (Lipinski definition) is 1. The molecule has 1 aromatic carbocycles. The van der Waals surface area contributed by atoms with Crippen molar-refractivity contribution in [2.24, 2.45) is 0 Å². The van der Waals surface area contributed by atoms with Crippen LogP contribution in [0.5, 0.6) is 0 Å².